The molecular weight excluding hydrogens is 406 g/mol. The molecule has 1 saturated heterocycles. The lowest BCUT2D eigenvalue weighted by atomic mass is 10.1. The van der Waals surface area contributed by atoms with Crippen LogP contribution in [-0.4, -0.2) is 50.3 Å². The number of benzene rings is 2. The van der Waals surface area contributed by atoms with E-state index in [0.29, 0.717) is 31.0 Å². The van der Waals surface area contributed by atoms with E-state index in [1.807, 2.05) is 6.92 Å². The third kappa shape index (κ3) is 4.88. The molecule has 8 heteroatoms. The summed E-state index contributed by atoms with van der Waals surface area (Å²) in [5.41, 5.74) is 0.478. The van der Waals surface area contributed by atoms with Gasteiger partial charge in [0.15, 0.2) is 6.10 Å². The van der Waals surface area contributed by atoms with E-state index in [1.165, 1.54) is 35.5 Å². The molecule has 0 N–H and O–H groups in total. The Hall–Kier alpha value is -2.71. The number of ether oxygens (including phenoxy) is 2. The van der Waals surface area contributed by atoms with Crippen LogP contribution in [0.25, 0.3) is 0 Å². The summed E-state index contributed by atoms with van der Waals surface area (Å²) in [6.45, 7) is 4.83. The van der Waals surface area contributed by atoms with Crippen molar-refractivity contribution in [3.05, 3.63) is 59.7 Å². The summed E-state index contributed by atoms with van der Waals surface area (Å²) in [6, 6.07) is 12.3. The van der Waals surface area contributed by atoms with Crippen LogP contribution in [0.2, 0.25) is 0 Å². The second kappa shape index (κ2) is 9.40. The minimum Gasteiger partial charge on any atom is -0.494 e. The Balaban J connectivity index is 1.70. The fourth-order valence-electron chi connectivity index (χ4n) is 3.26. The van der Waals surface area contributed by atoms with Gasteiger partial charge in [-0.1, -0.05) is 6.07 Å². The van der Waals surface area contributed by atoms with Crippen LogP contribution in [0.3, 0.4) is 0 Å². The summed E-state index contributed by atoms with van der Waals surface area (Å²) < 4.78 is 37.5. The summed E-state index contributed by atoms with van der Waals surface area (Å²) in [5, 5.41) is 0. The molecule has 0 bridgehead atoms. The van der Waals surface area contributed by atoms with Crippen LogP contribution in [0.4, 0.5) is 0 Å². The number of carbonyl (C=O) groups excluding carboxylic acids is 2. The summed E-state index contributed by atoms with van der Waals surface area (Å²) in [4.78, 5) is 25.1. The molecule has 2 aromatic rings. The molecule has 30 heavy (non-hydrogen) atoms. The van der Waals surface area contributed by atoms with Crippen LogP contribution in [-0.2, 0) is 14.8 Å². The lowest BCUT2D eigenvalue weighted by Crippen LogP contribution is -2.28. The number of sulfonamides is 1. The van der Waals surface area contributed by atoms with E-state index >= 15 is 0 Å². The zero-order valence-corrected chi connectivity index (χ0v) is 17.9. The molecule has 160 valence electrons. The summed E-state index contributed by atoms with van der Waals surface area (Å²) in [7, 11) is -3.64. The number of ketones is 1. The van der Waals surface area contributed by atoms with Crippen LogP contribution in [0.5, 0.6) is 5.75 Å². The number of Topliss-reactive ketones (excluding diaryl/α,β-unsaturated/α-hetero) is 1. The van der Waals surface area contributed by atoms with Crippen molar-refractivity contribution in [1.82, 2.24) is 4.31 Å². The monoisotopic (exact) mass is 431 g/mol. The molecule has 3 rings (SSSR count). The van der Waals surface area contributed by atoms with Crippen molar-refractivity contribution in [2.75, 3.05) is 19.7 Å². The van der Waals surface area contributed by atoms with Gasteiger partial charge in [0.1, 0.15) is 5.75 Å². The molecule has 1 aliphatic rings. The van der Waals surface area contributed by atoms with Gasteiger partial charge in [-0.05, 0) is 69.2 Å². The number of hydrogen-bond donors (Lipinski definition) is 0. The molecule has 0 amide bonds. The first-order valence-electron chi connectivity index (χ1n) is 9.91. The fourth-order valence-corrected chi connectivity index (χ4v) is 4.82. The highest BCUT2D eigenvalue weighted by molar-refractivity contribution is 7.89. The largest absolute Gasteiger partial charge is 0.494 e. The molecule has 0 unspecified atom stereocenters. The molecule has 0 aliphatic carbocycles. The topological polar surface area (TPSA) is 90.0 Å². The molecule has 0 spiro atoms. The quantitative estimate of drug-likeness (QED) is 0.471. The Morgan fingerprint density at radius 1 is 1.03 bits per heavy atom. The first-order valence-corrected chi connectivity index (χ1v) is 11.3. The second-order valence-corrected chi connectivity index (χ2v) is 8.95. The molecular formula is C22H25NO6S. The number of hydrogen-bond acceptors (Lipinski definition) is 6. The molecule has 7 nitrogen and oxygen atoms in total. The zero-order chi connectivity index (χ0) is 21.7. The van der Waals surface area contributed by atoms with Crippen molar-refractivity contribution in [3.63, 3.8) is 0 Å². The minimum absolute atomic E-state index is 0.0457. The highest BCUT2D eigenvalue weighted by Crippen LogP contribution is 2.22. The van der Waals surface area contributed by atoms with E-state index in [-0.39, 0.29) is 16.2 Å². The Morgan fingerprint density at radius 2 is 1.70 bits per heavy atom. The minimum atomic E-state index is -3.64. The lowest BCUT2D eigenvalue weighted by Gasteiger charge is -2.16. The molecule has 0 saturated carbocycles. The third-order valence-corrected chi connectivity index (χ3v) is 6.77. The van der Waals surface area contributed by atoms with E-state index in [0.717, 1.165) is 12.8 Å². The molecule has 1 heterocycles. The first kappa shape index (κ1) is 22.0. The van der Waals surface area contributed by atoms with Gasteiger partial charge in [0.2, 0.25) is 15.8 Å². The van der Waals surface area contributed by atoms with Crippen LogP contribution >= 0.6 is 0 Å². The fraction of sp³-hybridized carbons (Fsp3) is 0.364. The predicted molar refractivity (Wildman–Crippen MR) is 111 cm³/mol. The average molecular weight is 432 g/mol. The predicted octanol–water partition coefficient (Wildman–Crippen LogP) is 3.30. The number of rotatable bonds is 8. The van der Waals surface area contributed by atoms with Gasteiger partial charge in [0.05, 0.1) is 17.1 Å². The van der Waals surface area contributed by atoms with Crippen molar-refractivity contribution in [1.29, 1.82) is 0 Å². The van der Waals surface area contributed by atoms with Crippen molar-refractivity contribution in [2.24, 2.45) is 0 Å². The van der Waals surface area contributed by atoms with Gasteiger partial charge in [-0.25, -0.2) is 13.2 Å². The normalized spacial score (nSPS) is 15.5. The van der Waals surface area contributed by atoms with Crippen molar-refractivity contribution in [2.45, 2.75) is 37.7 Å². The Labute approximate surface area is 176 Å². The molecule has 1 fully saturated rings. The summed E-state index contributed by atoms with van der Waals surface area (Å²) in [6.07, 6.45) is 0.632. The average Bonchev–Trinajstić information content (AvgIpc) is 3.30. The molecule has 1 aliphatic heterocycles. The van der Waals surface area contributed by atoms with Crippen LogP contribution in [0.15, 0.2) is 53.4 Å². The van der Waals surface area contributed by atoms with Gasteiger partial charge < -0.3 is 9.47 Å². The van der Waals surface area contributed by atoms with Gasteiger partial charge in [0.25, 0.3) is 0 Å². The van der Waals surface area contributed by atoms with E-state index in [4.69, 9.17) is 9.47 Å². The zero-order valence-electron chi connectivity index (χ0n) is 17.0. The van der Waals surface area contributed by atoms with E-state index in [1.54, 1.807) is 24.3 Å². The highest BCUT2D eigenvalue weighted by atomic mass is 32.2. The number of esters is 1. The number of nitrogens with zero attached hydrogens (tertiary/aromatic N) is 1. The smallest absolute Gasteiger partial charge is 0.338 e. The SMILES string of the molecule is CCOc1ccc(C(=O)[C@H](C)OC(=O)c2cccc(S(=O)(=O)N3CCCC3)c2)cc1. The van der Waals surface area contributed by atoms with Gasteiger partial charge in [0, 0.05) is 18.7 Å². The molecule has 2 aromatic carbocycles. The van der Waals surface area contributed by atoms with Gasteiger partial charge >= 0.3 is 5.97 Å². The standard InChI is InChI=1S/C22H25NO6S/c1-3-28-19-11-9-17(10-12-19)21(24)16(2)29-22(25)18-7-6-8-20(15-18)30(26,27)23-13-4-5-14-23/h6-12,15-16H,3-5,13-14H2,1-2H3/t16-/m0/s1. The first-order chi connectivity index (χ1) is 14.3. The second-order valence-electron chi connectivity index (χ2n) is 7.01. The third-order valence-electron chi connectivity index (χ3n) is 4.88. The Kier molecular flexibility index (Phi) is 6.89. The van der Waals surface area contributed by atoms with Crippen molar-refractivity contribution < 1.29 is 27.5 Å². The highest BCUT2D eigenvalue weighted by Gasteiger charge is 2.28. The summed E-state index contributed by atoms with van der Waals surface area (Å²) >= 11 is 0. The van der Waals surface area contributed by atoms with E-state index in [9.17, 15) is 18.0 Å². The van der Waals surface area contributed by atoms with Gasteiger partial charge in [-0.2, -0.15) is 4.31 Å². The van der Waals surface area contributed by atoms with Crippen LogP contribution in [0.1, 0.15) is 47.4 Å². The van der Waals surface area contributed by atoms with E-state index in [2.05, 4.69) is 0 Å². The maximum atomic E-state index is 12.7. The maximum Gasteiger partial charge on any atom is 0.338 e. The molecule has 1 atom stereocenters. The Morgan fingerprint density at radius 3 is 2.33 bits per heavy atom. The maximum absolute atomic E-state index is 12.7. The van der Waals surface area contributed by atoms with Crippen LogP contribution in [0, 0.1) is 0 Å². The van der Waals surface area contributed by atoms with Crippen molar-refractivity contribution in [3.8, 4) is 5.75 Å². The Bertz CT molecular complexity index is 1010. The van der Waals surface area contributed by atoms with E-state index < -0.39 is 22.1 Å². The molecule has 0 radical (unpaired) electrons. The number of carbonyl (C=O) groups is 2. The van der Waals surface area contributed by atoms with Crippen molar-refractivity contribution >= 4 is 21.8 Å². The lowest BCUT2D eigenvalue weighted by molar-refractivity contribution is 0.0318. The van der Waals surface area contributed by atoms with Crippen LogP contribution < -0.4 is 4.74 Å². The van der Waals surface area contributed by atoms with Gasteiger partial charge in [-0.3, -0.25) is 4.79 Å². The van der Waals surface area contributed by atoms with Gasteiger partial charge in [-0.15, -0.1) is 0 Å². The molecule has 0 aromatic heterocycles. The summed E-state index contributed by atoms with van der Waals surface area (Å²) in [5.74, 6) is -0.456.